The molecule has 0 saturated heterocycles. The molecule has 180 valence electrons. The van der Waals surface area contributed by atoms with E-state index in [1.165, 1.54) is 48.7 Å². The number of hydrogen-bond acceptors (Lipinski definition) is 7. The Morgan fingerprint density at radius 2 is 1.67 bits per heavy atom. The van der Waals surface area contributed by atoms with Crippen molar-refractivity contribution >= 4 is 27.2 Å². The number of fused-ring (bicyclic) bond motifs is 1. The van der Waals surface area contributed by atoms with E-state index in [1.807, 2.05) is 6.92 Å². The van der Waals surface area contributed by atoms with Gasteiger partial charge in [0, 0.05) is 17.2 Å². The Kier molecular flexibility index (Phi) is 6.03. The van der Waals surface area contributed by atoms with Crippen molar-refractivity contribution in [1.82, 2.24) is 14.4 Å². The monoisotopic (exact) mass is 502 g/mol. The fourth-order valence-electron chi connectivity index (χ4n) is 3.59. The summed E-state index contributed by atoms with van der Waals surface area (Å²) in [5.41, 5.74) is 3.15. The number of carbonyl (C=O) groups excluding carboxylic acids is 1. The third-order valence-corrected chi connectivity index (χ3v) is 7.02. The smallest absolute Gasteiger partial charge is 0.284 e. The molecule has 0 fully saturated rings. The molecule has 10 heteroatoms. The van der Waals surface area contributed by atoms with Crippen molar-refractivity contribution in [2.75, 3.05) is 0 Å². The third kappa shape index (κ3) is 4.58. The van der Waals surface area contributed by atoms with Crippen LogP contribution in [-0.2, 0) is 21.4 Å². The van der Waals surface area contributed by atoms with E-state index in [4.69, 9.17) is 4.74 Å². The average Bonchev–Trinajstić information content (AvgIpc) is 3.37. The lowest BCUT2D eigenvalue weighted by Crippen LogP contribution is -2.19. The summed E-state index contributed by atoms with van der Waals surface area (Å²) < 4.78 is 45.4. The molecule has 0 radical (unpaired) electrons. The zero-order chi connectivity index (χ0) is 25.3. The molecule has 8 nitrogen and oxygen atoms in total. The quantitative estimate of drug-likeness (QED) is 0.388. The molecular weight excluding hydrogens is 483 g/mol. The van der Waals surface area contributed by atoms with E-state index in [-0.39, 0.29) is 34.6 Å². The van der Waals surface area contributed by atoms with Gasteiger partial charge in [-0.2, -0.15) is 8.42 Å². The standard InChI is InChI=1S/C26H19FN4O4S/c1-17-6-12-21(13-7-17)36(33,34)31-15-20(29-30-31)16-35-25-14-24(28-19-10-8-18(27)9-11-19)22-4-2-3-5-23(22)26(25)32/h2-15H,16H2,1H3. The van der Waals surface area contributed by atoms with Gasteiger partial charge in [0.1, 0.15) is 18.1 Å². The van der Waals surface area contributed by atoms with E-state index in [2.05, 4.69) is 15.3 Å². The van der Waals surface area contributed by atoms with Crippen LogP contribution in [0.5, 0.6) is 0 Å². The van der Waals surface area contributed by atoms with Gasteiger partial charge in [-0.15, -0.1) is 9.19 Å². The molecule has 0 N–H and O–H groups in total. The Morgan fingerprint density at radius 3 is 2.39 bits per heavy atom. The second kappa shape index (κ2) is 9.31. The molecule has 1 aliphatic rings. The summed E-state index contributed by atoms with van der Waals surface area (Å²) in [6.07, 6.45) is 2.74. The SMILES string of the molecule is Cc1ccc(S(=O)(=O)n2cc(COC3=CC(=Nc4ccc(F)cc4)c4ccccc4C3=O)nn2)cc1. The van der Waals surface area contributed by atoms with Crippen LogP contribution in [0, 0.1) is 12.7 Å². The van der Waals surface area contributed by atoms with Crippen LogP contribution in [0.15, 0.2) is 101 Å². The number of hydrogen-bond donors (Lipinski definition) is 0. The van der Waals surface area contributed by atoms with Crippen LogP contribution >= 0.6 is 0 Å². The number of allylic oxidation sites excluding steroid dienone is 2. The highest BCUT2D eigenvalue weighted by atomic mass is 32.2. The van der Waals surface area contributed by atoms with Crippen LogP contribution in [-0.4, -0.2) is 34.3 Å². The molecule has 0 saturated carbocycles. The Balaban J connectivity index is 1.40. The molecule has 0 atom stereocenters. The lowest BCUT2D eigenvalue weighted by Gasteiger charge is -2.17. The molecule has 0 unspecified atom stereocenters. The molecule has 1 heterocycles. The molecule has 0 bridgehead atoms. The van der Waals surface area contributed by atoms with E-state index in [0.29, 0.717) is 22.5 Å². The van der Waals surface area contributed by atoms with Crippen molar-refractivity contribution in [2.24, 2.45) is 4.99 Å². The average molecular weight is 503 g/mol. The van der Waals surface area contributed by atoms with Crippen molar-refractivity contribution in [3.05, 3.63) is 119 Å². The first kappa shape index (κ1) is 23.3. The zero-order valence-corrected chi connectivity index (χ0v) is 19.8. The summed E-state index contributed by atoms with van der Waals surface area (Å²) in [7, 11) is -3.92. The van der Waals surface area contributed by atoms with E-state index >= 15 is 0 Å². The first-order valence-electron chi connectivity index (χ1n) is 10.9. The van der Waals surface area contributed by atoms with Gasteiger partial charge in [-0.1, -0.05) is 47.2 Å². The van der Waals surface area contributed by atoms with Crippen LogP contribution < -0.4 is 0 Å². The Hall–Kier alpha value is -4.44. The van der Waals surface area contributed by atoms with Crippen molar-refractivity contribution in [2.45, 2.75) is 18.4 Å². The number of aryl methyl sites for hydroxylation is 1. The Labute approximate surface area is 206 Å². The second-order valence-corrected chi connectivity index (χ2v) is 9.84. The van der Waals surface area contributed by atoms with E-state index < -0.39 is 10.0 Å². The van der Waals surface area contributed by atoms with Gasteiger partial charge in [-0.05, 0) is 43.3 Å². The van der Waals surface area contributed by atoms with Gasteiger partial charge < -0.3 is 4.74 Å². The number of Topliss-reactive ketones (excluding diaryl/α,β-unsaturated/α-hetero) is 1. The maximum atomic E-state index is 13.3. The van der Waals surface area contributed by atoms with Gasteiger partial charge in [0.05, 0.1) is 22.5 Å². The Morgan fingerprint density at radius 1 is 0.972 bits per heavy atom. The van der Waals surface area contributed by atoms with Gasteiger partial charge >= 0.3 is 0 Å². The van der Waals surface area contributed by atoms with Crippen molar-refractivity contribution in [3.63, 3.8) is 0 Å². The van der Waals surface area contributed by atoms with Gasteiger partial charge in [-0.3, -0.25) is 4.79 Å². The molecule has 0 spiro atoms. The second-order valence-electron chi connectivity index (χ2n) is 8.05. The highest BCUT2D eigenvalue weighted by molar-refractivity contribution is 7.89. The molecule has 3 aromatic carbocycles. The van der Waals surface area contributed by atoms with Gasteiger partial charge in [0.2, 0.25) is 5.78 Å². The minimum atomic E-state index is -3.92. The topological polar surface area (TPSA) is 104 Å². The summed E-state index contributed by atoms with van der Waals surface area (Å²) >= 11 is 0. The van der Waals surface area contributed by atoms with Crippen LogP contribution in [0.2, 0.25) is 0 Å². The minimum Gasteiger partial charge on any atom is -0.483 e. The number of ketones is 1. The number of carbonyl (C=O) groups is 1. The lowest BCUT2D eigenvalue weighted by molar-refractivity contribution is 0.0900. The molecular formula is C26H19FN4O4S. The number of nitrogens with zero attached hydrogens (tertiary/aromatic N) is 4. The van der Waals surface area contributed by atoms with Crippen molar-refractivity contribution in [1.29, 1.82) is 0 Å². The predicted octanol–water partition coefficient (Wildman–Crippen LogP) is 4.38. The zero-order valence-electron chi connectivity index (χ0n) is 19.0. The molecule has 1 aromatic heterocycles. The fraction of sp³-hybridized carbons (Fsp3) is 0.0769. The minimum absolute atomic E-state index is 0.0190. The van der Waals surface area contributed by atoms with E-state index in [9.17, 15) is 17.6 Å². The summed E-state index contributed by atoms with van der Waals surface area (Å²) in [6.45, 7) is 1.67. The van der Waals surface area contributed by atoms with Crippen LogP contribution in [0.4, 0.5) is 10.1 Å². The number of rotatable bonds is 6. The third-order valence-electron chi connectivity index (χ3n) is 5.48. The number of benzene rings is 3. The van der Waals surface area contributed by atoms with Crippen LogP contribution in [0.25, 0.3) is 0 Å². The largest absolute Gasteiger partial charge is 0.483 e. The van der Waals surface area contributed by atoms with Crippen molar-refractivity contribution < 1.29 is 22.3 Å². The maximum Gasteiger partial charge on any atom is 0.284 e. The van der Waals surface area contributed by atoms with Crippen LogP contribution in [0.1, 0.15) is 27.2 Å². The van der Waals surface area contributed by atoms with E-state index in [0.717, 1.165) is 9.65 Å². The predicted molar refractivity (Wildman–Crippen MR) is 130 cm³/mol. The number of aromatic nitrogens is 3. The summed E-state index contributed by atoms with van der Waals surface area (Å²) in [6, 6.07) is 19.0. The fourth-order valence-corrected chi connectivity index (χ4v) is 4.68. The van der Waals surface area contributed by atoms with Gasteiger partial charge in [-0.25, -0.2) is 9.38 Å². The Bertz CT molecular complexity index is 1620. The normalized spacial score (nSPS) is 14.4. The molecule has 4 aromatic rings. The van der Waals surface area contributed by atoms with E-state index in [1.54, 1.807) is 36.4 Å². The highest BCUT2D eigenvalue weighted by Gasteiger charge is 2.26. The molecule has 0 aliphatic heterocycles. The van der Waals surface area contributed by atoms with Gasteiger partial charge in [0.15, 0.2) is 5.76 Å². The molecule has 5 rings (SSSR count). The number of halogens is 1. The van der Waals surface area contributed by atoms with Crippen LogP contribution in [0.3, 0.4) is 0 Å². The lowest BCUT2D eigenvalue weighted by atomic mass is 9.93. The maximum absolute atomic E-state index is 13.3. The molecule has 0 amide bonds. The summed E-state index contributed by atoms with van der Waals surface area (Å²) in [5, 5.41) is 7.60. The number of ether oxygens (including phenoxy) is 1. The molecule has 36 heavy (non-hydrogen) atoms. The first-order valence-corrected chi connectivity index (χ1v) is 12.3. The first-order chi connectivity index (χ1) is 17.3. The highest BCUT2D eigenvalue weighted by Crippen LogP contribution is 2.25. The van der Waals surface area contributed by atoms with Crippen molar-refractivity contribution in [3.8, 4) is 0 Å². The summed E-state index contributed by atoms with van der Waals surface area (Å²) in [4.78, 5) is 17.6. The number of aliphatic imine (C=N–C) groups is 1. The summed E-state index contributed by atoms with van der Waals surface area (Å²) in [5.74, 6) is -0.705. The van der Waals surface area contributed by atoms with Gasteiger partial charge in [0.25, 0.3) is 10.0 Å². The molecule has 1 aliphatic carbocycles.